The molecule has 0 radical (unpaired) electrons. The highest BCUT2D eigenvalue weighted by atomic mass is 79.9. The molecule has 2 fully saturated rings. The molecule has 0 spiro atoms. The van der Waals surface area contributed by atoms with Crippen LogP contribution < -0.4 is 0 Å². The molecule has 24 heavy (non-hydrogen) atoms. The number of fused-ring (bicyclic) bond motifs is 1. The largest absolute Gasteiger partial charge is 0.338 e. The molecule has 1 saturated carbocycles. The van der Waals surface area contributed by atoms with Gasteiger partial charge in [0.05, 0.1) is 0 Å². The van der Waals surface area contributed by atoms with Crippen molar-refractivity contribution >= 4 is 21.8 Å². The highest BCUT2D eigenvalue weighted by molar-refractivity contribution is 9.09. The molecule has 1 aliphatic carbocycles. The topological polar surface area (TPSA) is 33.2 Å². The van der Waals surface area contributed by atoms with Gasteiger partial charge in [0.1, 0.15) is 5.82 Å². The molecule has 124 valence electrons. The summed E-state index contributed by atoms with van der Waals surface area (Å²) in [6, 6.07) is 8.26. The summed E-state index contributed by atoms with van der Waals surface area (Å²) in [5.74, 6) is 0.0543. The van der Waals surface area contributed by atoms with Crippen LogP contribution >= 0.6 is 15.9 Å². The molecule has 1 aromatic heterocycles. The monoisotopic (exact) mass is 388 g/mol. The predicted octanol–water partition coefficient (Wildman–Crippen LogP) is 4.13. The number of piperidine rings is 1. The zero-order valence-electron chi connectivity index (χ0n) is 13.4. The maximum Gasteiger partial charge on any atom is 0.253 e. The van der Waals surface area contributed by atoms with Crippen molar-refractivity contribution in [1.29, 1.82) is 0 Å². The lowest BCUT2D eigenvalue weighted by Crippen LogP contribution is -2.38. The van der Waals surface area contributed by atoms with Crippen LogP contribution in [0.15, 0.2) is 42.7 Å². The van der Waals surface area contributed by atoms with Crippen molar-refractivity contribution in [3.8, 4) is 11.1 Å². The molecule has 2 aliphatic rings. The molecule has 0 N–H and O–H groups in total. The fraction of sp³-hybridized carbons (Fsp3) is 0.368. The van der Waals surface area contributed by atoms with Gasteiger partial charge < -0.3 is 4.90 Å². The second-order valence-electron chi connectivity index (χ2n) is 6.95. The maximum atomic E-state index is 14.5. The van der Waals surface area contributed by atoms with E-state index in [1.54, 1.807) is 36.7 Å². The number of carbonyl (C=O) groups excluding carboxylic acids is 1. The number of rotatable bonds is 2. The summed E-state index contributed by atoms with van der Waals surface area (Å²) in [7, 11) is 0. The van der Waals surface area contributed by atoms with Crippen molar-refractivity contribution < 1.29 is 9.18 Å². The Morgan fingerprint density at radius 1 is 1.33 bits per heavy atom. The fourth-order valence-electron chi connectivity index (χ4n) is 3.71. The van der Waals surface area contributed by atoms with Gasteiger partial charge in [-0.1, -0.05) is 28.9 Å². The van der Waals surface area contributed by atoms with Gasteiger partial charge in [0, 0.05) is 41.4 Å². The van der Waals surface area contributed by atoms with E-state index in [-0.39, 0.29) is 11.7 Å². The number of hydrogen-bond donors (Lipinski definition) is 0. The Bertz CT molecular complexity index is 797. The second kappa shape index (κ2) is 5.66. The molecule has 1 aliphatic heterocycles. The molecular formula is C19H18BrFN2O. The molecular weight excluding hydrogens is 371 g/mol. The Balaban J connectivity index is 1.55. The maximum absolute atomic E-state index is 14.5. The Morgan fingerprint density at radius 3 is 2.75 bits per heavy atom. The quantitative estimate of drug-likeness (QED) is 0.724. The van der Waals surface area contributed by atoms with Crippen molar-refractivity contribution in [2.24, 2.45) is 11.3 Å². The van der Waals surface area contributed by atoms with Crippen LogP contribution in [0.25, 0.3) is 11.1 Å². The molecule has 0 bridgehead atoms. The van der Waals surface area contributed by atoms with E-state index < -0.39 is 0 Å². The van der Waals surface area contributed by atoms with Crippen molar-refractivity contribution in [3.05, 3.63) is 54.1 Å². The number of likely N-dealkylation sites (tertiary alicyclic amines) is 1. The smallest absolute Gasteiger partial charge is 0.253 e. The zero-order valence-corrected chi connectivity index (χ0v) is 15.0. The first-order valence-corrected chi connectivity index (χ1v) is 9.05. The van der Waals surface area contributed by atoms with Crippen LogP contribution in [0.5, 0.6) is 0 Å². The van der Waals surface area contributed by atoms with Crippen molar-refractivity contribution in [1.82, 2.24) is 9.88 Å². The minimum atomic E-state index is -0.376. The SMILES string of the molecule is CC12CCN(C(=O)c3ccc(-c4ccncc4)c(F)c3)CC1C2Br. The number of amides is 1. The summed E-state index contributed by atoms with van der Waals surface area (Å²) >= 11 is 3.71. The van der Waals surface area contributed by atoms with E-state index in [2.05, 4.69) is 27.8 Å². The number of aromatic nitrogens is 1. The van der Waals surface area contributed by atoms with Crippen LogP contribution in [0.3, 0.4) is 0 Å². The van der Waals surface area contributed by atoms with Crippen molar-refractivity contribution in [2.45, 2.75) is 18.2 Å². The summed E-state index contributed by atoms with van der Waals surface area (Å²) in [6.45, 7) is 3.75. The number of carbonyl (C=O) groups is 1. The first-order valence-electron chi connectivity index (χ1n) is 8.14. The van der Waals surface area contributed by atoms with Crippen LogP contribution in [0.1, 0.15) is 23.7 Å². The Morgan fingerprint density at radius 2 is 2.08 bits per heavy atom. The molecule has 1 aromatic carbocycles. The van der Waals surface area contributed by atoms with Crippen LogP contribution in [0.4, 0.5) is 4.39 Å². The summed E-state index contributed by atoms with van der Waals surface area (Å²) in [6.07, 6.45) is 4.26. The van der Waals surface area contributed by atoms with Crippen LogP contribution in [-0.2, 0) is 0 Å². The molecule has 3 nitrogen and oxygen atoms in total. The summed E-state index contributed by atoms with van der Waals surface area (Å²) < 4.78 is 14.5. The van der Waals surface area contributed by atoms with Gasteiger partial charge in [0.15, 0.2) is 0 Å². The van der Waals surface area contributed by atoms with Gasteiger partial charge in [0.2, 0.25) is 0 Å². The van der Waals surface area contributed by atoms with E-state index in [0.717, 1.165) is 25.1 Å². The summed E-state index contributed by atoms with van der Waals surface area (Å²) in [5.41, 5.74) is 1.99. The molecule has 5 heteroatoms. The third-order valence-electron chi connectivity index (χ3n) is 5.55. The lowest BCUT2D eigenvalue weighted by Gasteiger charge is -2.29. The van der Waals surface area contributed by atoms with Crippen LogP contribution in [0.2, 0.25) is 0 Å². The van der Waals surface area contributed by atoms with E-state index in [4.69, 9.17) is 0 Å². The predicted molar refractivity (Wildman–Crippen MR) is 94.5 cm³/mol. The lowest BCUT2D eigenvalue weighted by molar-refractivity contribution is 0.0690. The second-order valence-corrected chi connectivity index (χ2v) is 7.93. The van der Waals surface area contributed by atoms with Crippen LogP contribution in [0, 0.1) is 17.2 Å². The Hall–Kier alpha value is -1.75. The zero-order chi connectivity index (χ0) is 16.9. The summed E-state index contributed by atoms with van der Waals surface area (Å²) in [5, 5.41) is 0. The number of benzene rings is 1. The first kappa shape index (κ1) is 15.8. The minimum Gasteiger partial charge on any atom is -0.338 e. The van der Waals surface area contributed by atoms with E-state index in [0.29, 0.717) is 27.3 Å². The third-order valence-corrected chi connectivity index (χ3v) is 7.24. The van der Waals surface area contributed by atoms with E-state index in [1.807, 2.05) is 4.90 Å². The van der Waals surface area contributed by atoms with E-state index in [9.17, 15) is 9.18 Å². The van der Waals surface area contributed by atoms with Gasteiger partial charge in [0.25, 0.3) is 5.91 Å². The molecule has 4 rings (SSSR count). The fourth-order valence-corrected chi connectivity index (χ4v) is 4.90. The standard InChI is InChI=1S/C19H18BrFN2O/c1-19-6-9-23(11-15(19)17(19)20)18(24)13-2-3-14(16(21)10-13)12-4-7-22-8-5-12/h2-5,7-8,10,15,17H,6,9,11H2,1H3. The third kappa shape index (κ3) is 2.46. The molecule has 1 saturated heterocycles. The van der Waals surface area contributed by atoms with Gasteiger partial charge >= 0.3 is 0 Å². The molecule has 2 heterocycles. The average Bonchev–Trinajstić information content (AvgIpc) is 3.15. The number of halogens is 2. The minimum absolute atomic E-state index is 0.0798. The average molecular weight is 389 g/mol. The van der Waals surface area contributed by atoms with Gasteiger partial charge in [-0.15, -0.1) is 0 Å². The highest BCUT2D eigenvalue weighted by Crippen LogP contribution is 2.61. The van der Waals surface area contributed by atoms with E-state index >= 15 is 0 Å². The molecule has 2 aromatic rings. The van der Waals surface area contributed by atoms with Gasteiger partial charge in [-0.2, -0.15) is 0 Å². The lowest BCUT2D eigenvalue weighted by atomic mass is 9.97. The summed E-state index contributed by atoms with van der Waals surface area (Å²) in [4.78, 5) is 19.0. The molecule has 1 amide bonds. The number of alkyl halides is 1. The van der Waals surface area contributed by atoms with Crippen molar-refractivity contribution in [3.63, 3.8) is 0 Å². The molecule has 3 atom stereocenters. The highest BCUT2D eigenvalue weighted by Gasteiger charge is 2.62. The van der Waals surface area contributed by atoms with E-state index in [1.165, 1.54) is 6.07 Å². The number of hydrogen-bond acceptors (Lipinski definition) is 2. The number of pyridine rings is 1. The van der Waals surface area contributed by atoms with Gasteiger partial charge in [-0.3, -0.25) is 9.78 Å². The Labute approximate surface area is 149 Å². The first-order chi connectivity index (χ1) is 11.5. The van der Waals surface area contributed by atoms with Gasteiger partial charge in [-0.05, 0) is 47.6 Å². The number of nitrogens with zero attached hydrogens (tertiary/aromatic N) is 2. The Kier molecular flexibility index (Phi) is 3.71. The van der Waals surface area contributed by atoms with Crippen molar-refractivity contribution in [2.75, 3.05) is 13.1 Å². The van der Waals surface area contributed by atoms with Crippen LogP contribution in [-0.4, -0.2) is 33.7 Å². The van der Waals surface area contributed by atoms with Gasteiger partial charge in [-0.25, -0.2) is 4.39 Å². The molecule has 3 unspecified atom stereocenters. The normalized spacial score (nSPS) is 28.4.